The molecule has 1 spiro atoms. The van der Waals surface area contributed by atoms with Crippen LogP contribution in [0.5, 0.6) is 0 Å². The zero-order valence-electron chi connectivity index (χ0n) is 9.43. The van der Waals surface area contributed by atoms with Crippen LogP contribution in [-0.2, 0) is 4.74 Å². The highest BCUT2D eigenvalue weighted by Crippen LogP contribution is 2.34. The Morgan fingerprint density at radius 3 is 2.71 bits per heavy atom. The predicted molar refractivity (Wildman–Crippen MR) is 58.5 cm³/mol. The van der Waals surface area contributed by atoms with Crippen LogP contribution < -0.4 is 0 Å². The molecule has 2 heteroatoms. The van der Waals surface area contributed by atoms with E-state index in [9.17, 15) is 0 Å². The van der Waals surface area contributed by atoms with Crippen LogP contribution in [0, 0.1) is 0 Å². The van der Waals surface area contributed by atoms with Gasteiger partial charge in [-0.1, -0.05) is 26.2 Å². The van der Waals surface area contributed by atoms with Crippen molar-refractivity contribution in [1.82, 2.24) is 4.90 Å². The fourth-order valence-electron chi connectivity index (χ4n) is 2.69. The van der Waals surface area contributed by atoms with Gasteiger partial charge in [0.1, 0.15) is 0 Å². The number of rotatable bonds is 5. The third kappa shape index (κ3) is 2.29. The van der Waals surface area contributed by atoms with Gasteiger partial charge in [-0.15, -0.1) is 0 Å². The molecule has 0 atom stereocenters. The van der Waals surface area contributed by atoms with E-state index in [4.69, 9.17) is 4.74 Å². The van der Waals surface area contributed by atoms with Crippen LogP contribution in [0.3, 0.4) is 0 Å². The van der Waals surface area contributed by atoms with Crippen molar-refractivity contribution in [3.05, 3.63) is 0 Å². The SMILES string of the molecule is CCCCCCN1CC2(CCCO2)C1. The minimum Gasteiger partial charge on any atom is -0.372 e. The fraction of sp³-hybridized carbons (Fsp3) is 1.00. The molecule has 2 nitrogen and oxygen atoms in total. The maximum atomic E-state index is 5.79. The Labute approximate surface area is 87.6 Å². The number of hydrogen-bond donors (Lipinski definition) is 0. The zero-order chi connectivity index (χ0) is 9.86. The van der Waals surface area contributed by atoms with Gasteiger partial charge in [0.2, 0.25) is 0 Å². The molecule has 0 saturated carbocycles. The number of likely N-dealkylation sites (tertiary alicyclic amines) is 1. The van der Waals surface area contributed by atoms with Crippen LogP contribution in [0.4, 0.5) is 0 Å². The van der Waals surface area contributed by atoms with Gasteiger partial charge in [0.25, 0.3) is 0 Å². The van der Waals surface area contributed by atoms with Crippen LogP contribution in [0.15, 0.2) is 0 Å². The highest BCUT2D eigenvalue weighted by atomic mass is 16.5. The second kappa shape index (κ2) is 4.63. The van der Waals surface area contributed by atoms with E-state index in [-0.39, 0.29) is 0 Å². The van der Waals surface area contributed by atoms with E-state index in [0.29, 0.717) is 5.60 Å². The smallest absolute Gasteiger partial charge is 0.0935 e. The van der Waals surface area contributed by atoms with E-state index < -0.39 is 0 Å². The van der Waals surface area contributed by atoms with Crippen LogP contribution in [0.25, 0.3) is 0 Å². The lowest BCUT2D eigenvalue weighted by molar-refractivity contribution is -0.111. The zero-order valence-corrected chi connectivity index (χ0v) is 9.43. The summed E-state index contributed by atoms with van der Waals surface area (Å²) in [5.74, 6) is 0. The van der Waals surface area contributed by atoms with E-state index >= 15 is 0 Å². The predicted octanol–water partition coefficient (Wildman–Crippen LogP) is 2.43. The summed E-state index contributed by atoms with van der Waals surface area (Å²) in [6.45, 7) is 6.98. The summed E-state index contributed by atoms with van der Waals surface area (Å²) in [5.41, 5.74) is 0.310. The van der Waals surface area contributed by atoms with Crippen LogP contribution in [0.1, 0.15) is 45.4 Å². The Balaban J connectivity index is 1.54. The van der Waals surface area contributed by atoms with Gasteiger partial charge in [0.05, 0.1) is 5.60 Å². The third-order valence-electron chi connectivity index (χ3n) is 3.54. The first-order valence-corrected chi connectivity index (χ1v) is 6.21. The molecule has 2 fully saturated rings. The van der Waals surface area contributed by atoms with Crippen molar-refractivity contribution in [2.24, 2.45) is 0 Å². The standard InChI is InChI=1S/C12H23NO/c1-2-3-4-5-8-13-10-12(11-13)7-6-9-14-12/h2-11H2,1H3. The molecule has 0 aromatic carbocycles. The summed E-state index contributed by atoms with van der Waals surface area (Å²) < 4.78 is 5.79. The molecule has 0 bridgehead atoms. The average Bonchev–Trinajstić information content (AvgIpc) is 2.59. The third-order valence-corrected chi connectivity index (χ3v) is 3.54. The number of nitrogens with zero attached hydrogens (tertiary/aromatic N) is 1. The molecule has 2 saturated heterocycles. The molecule has 0 radical (unpaired) electrons. The van der Waals surface area contributed by atoms with Crippen LogP contribution in [-0.4, -0.2) is 36.7 Å². The van der Waals surface area contributed by atoms with E-state index in [1.54, 1.807) is 0 Å². The Morgan fingerprint density at radius 1 is 1.21 bits per heavy atom. The van der Waals surface area contributed by atoms with Gasteiger partial charge in [-0.05, 0) is 25.8 Å². The average molecular weight is 197 g/mol. The molecule has 0 aromatic heterocycles. The largest absolute Gasteiger partial charge is 0.372 e. The molecule has 0 amide bonds. The quantitative estimate of drug-likeness (QED) is 0.628. The summed E-state index contributed by atoms with van der Waals surface area (Å²) in [5, 5.41) is 0. The number of unbranched alkanes of at least 4 members (excludes halogenated alkanes) is 3. The molecule has 0 N–H and O–H groups in total. The monoisotopic (exact) mass is 197 g/mol. The Kier molecular flexibility index (Phi) is 3.45. The summed E-state index contributed by atoms with van der Waals surface area (Å²) in [4.78, 5) is 2.56. The summed E-state index contributed by atoms with van der Waals surface area (Å²) >= 11 is 0. The second-order valence-corrected chi connectivity index (χ2v) is 4.91. The van der Waals surface area contributed by atoms with Crippen molar-refractivity contribution in [3.8, 4) is 0 Å². The van der Waals surface area contributed by atoms with E-state index in [1.165, 1.54) is 58.2 Å². The van der Waals surface area contributed by atoms with Gasteiger partial charge in [0.15, 0.2) is 0 Å². The first-order valence-electron chi connectivity index (χ1n) is 6.21. The van der Waals surface area contributed by atoms with Gasteiger partial charge in [-0.25, -0.2) is 0 Å². The second-order valence-electron chi connectivity index (χ2n) is 4.91. The van der Waals surface area contributed by atoms with Crippen LogP contribution >= 0.6 is 0 Å². The fourth-order valence-corrected chi connectivity index (χ4v) is 2.69. The lowest BCUT2D eigenvalue weighted by Crippen LogP contribution is -2.61. The van der Waals surface area contributed by atoms with Crippen molar-refractivity contribution in [2.45, 2.75) is 51.0 Å². The van der Waals surface area contributed by atoms with Crippen molar-refractivity contribution >= 4 is 0 Å². The molecule has 0 aromatic rings. The molecule has 2 heterocycles. The normalized spacial score (nSPS) is 25.5. The van der Waals surface area contributed by atoms with Crippen LogP contribution in [0.2, 0.25) is 0 Å². The molecule has 14 heavy (non-hydrogen) atoms. The van der Waals surface area contributed by atoms with Gasteiger partial charge in [0, 0.05) is 19.7 Å². The maximum Gasteiger partial charge on any atom is 0.0935 e. The molecule has 2 aliphatic rings. The lowest BCUT2D eigenvalue weighted by atomic mass is 9.91. The van der Waals surface area contributed by atoms with Crippen molar-refractivity contribution in [1.29, 1.82) is 0 Å². The minimum absolute atomic E-state index is 0.310. The molecule has 0 aliphatic carbocycles. The maximum absolute atomic E-state index is 5.79. The first-order chi connectivity index (χ1) is 6.85. The topological polar surface area (TPSA) is 12.5 Å². The molecular formula is C12H23NO. The number of ether oxygens (including phenoxy) is 1. The molecule has 2 rings (SSSR count). The lowest BCUT2D eigenvalue weighted by Gasteiger charge is -2.47. The van der Waals surface area contributed by atoms with Crippen molar-refractivity contribution in [2.75, 3.05) is 26.2 Å². The van der Waals surface area contributed by atoms with Gasteiger partial charge < -0.3 is 4.74 Å². The van der Waals surface area contributed by atoms with Gasteiger partial charge in [-0.2, -0.15) is 0 Å². The molecule has 2 aliphatic heterocycles. The van der Waals surface area contributed by atoms with E-state index in [0.717, 1.165) is 6.61 Å². The summed E-state index contributed by atoms with van der Waals surface area (Å²) in [7, 11) is 0. The molecular weight excluding hydrogens is 174 g/mol. The highest BCUT2D eigenvalue weighted by molar-refractivity contribution is 4.99. The minimum atomic E-state index is 0.310. The highest BCUT2D eigenvalue weighted by Gasteiger charge is 2.45. The van der Waals surface area contributed by atoms with E-state index in [1.807, 2.05) is 0 Å². The first kappa shape index (κ1) is 10.4. The Hall–Kier alpha value is -0.0800. The molecule has 82 valence electrons. The Morgan fingerprint density at radius 2 is 2.07 bits per heavy atom. The molecule has 0 unspecified atom stereocenters. The van der Waals surface area contributed by atoms with E-state index in [2.05, 4.69) is 11.8 Å². The van der Waals surface area contributed by atoms with Gasteiger partial charge >= 0.3 is 0 Å². The summed E-state index contributed by atoms with van der Waals surface area (Å²) in [6, 6.07) is 0. The van der Waals surface area contributed by atoms with Crippen molar-refractivity contribution in [3.63, 3.8) is 0 Å². The van der Waals surface area contributed by atoms with Gasteiger partial charge in [-0.3, -0.25) is 4.90 Å². The number of hydrogen-bond acceptors (Lipinski definition) is 2. The van der Waals surface area contributed by atoms with Crippen molar-refractivity contribution < 1.29 is 4.74 Å². The summed E-state index contributed by atoms with van der Waals surface area (Å²) in [6.07, 6.45) is 8.11. The Bertz CT molecular complexity index is 167.